The summed E-state index contributed by atoms with van der Waals surface area (Å²) < 4.78 is 39.0. The van der Waals surface area contributed by atoms with Gasteiger partial charge in [0.2, 0.25) is 0 Å². The molecule has 3 rings (SSSR count). The van der Waals surface area contributed by atoms with Crippen LogP contribution < -0.4 is 5.32 Å². The summed E-state index contributed by atoms with van der Waals surface area (Å²) in [6.07, 6.45) is -2.62. The fourth-order valence-corrected chi connectivity index (χ4v) is 3.24. The lowest BCUT2D eigenvalue weighted by Gasteiger charge is -2.32. The molecule has 0 spiro atoms. The Morgan fingerprint density at radius 1 is 1.15 bits per heavy atom. The van der Waals surface area contributed by atoms with E-state index in [0.29, 0.717) is 37.2 Å². The summed E-state index contributed by atoms with van der Waals surface area (Å²) in [4.78, 5) is 1.47. The highest BCUT2D eigenvalue weighted by atomic mass is 19.4. The second-order valence-electron chi connectivity index (χ2n) is 6.83. The van der Waals surface area contributed by atoms with Gasteiger partial charge in [-0.3, -0.25) is 4.90 Å². The molecule has 1 aliphatic heterocycles. The van der Waals surface area contributed by atoms with E-state index in [-0.39, 0.29) is 0 Å². The third-order valence-corrected chi connectivity index (χ3v) is 4.56. The van der Waals surface area contributed by atoms with Crippen LogP contribution in [0.5, 0.6) is 0 Å². The van der Waals surface area contributed by atoms with Crippen molar-refractivity contribution in [2.45, 2.75) is 32.9 Å². The predicted octanol–water partition coefficient (Wildman–Crippen LogP) is 2.97. The first kappa shape index (κ1) is 18.6. The molecule has 0 bridgehead atoms. The van der Waals surface area contributed by atoms with Crippen molar-refractivity contribution in [1.29, 1.82) is 0 Å². The lowest BCUT2D eigenvalue weighted by molar-refractivity contribution is -0.148. The monoisotopic (exact) mass is 368 g/mol. The number of alkyl halides is 3. The molecule has 0 atom stereocenters. The summed E-state index contributed by atoms with van der Waals surface area (Å²) in [5, 5.41) is 16.0. The normalized spacial score (nSPS) is 16.8. The number of likely N-dealkylation sites (tertiary alicyclic amines) is 1. The van der Waals surface area contributed by atoms with Gasteiger partial charge in [0.1, 0.15) is 5.82 Å². The summed E-state index contributed by atoms with van der Waals surface area (Å²) in [6.45, 7) is 4.72. The molecule has 0 amide bonds. The van der Waals surface area contributed by atoms with Crippen LogP contribution in [0.4, 0.5) is 19.0 Å². The Morgan fingerprint density at radius 3 is 2.42 bits per heavy atom. The van der Waals surface area contributed by atoms with Crippen molar-refractivity contribution in [2.75, 3.05) is 31.5 Å². The van der Waals surface area contributed by atoms with Gasteiger partial charge in [0.25, 0.3) is 0 Å². The lowest BCUT2D eigenvalue weighted by Crippen LogP contribution is -2.41. The van der Waals surface area contributed by atoms with E-state index in [4.69, 9.17) is 0 Å². The minimum absolute atomic E-state index is 0.344. The van der Waals surface area contributed by atoms with Crippen LogP contribution >= 0.6 is 0 Å². The molecule has 2 aromatic heterocycles. The van der Waals surface area contributed by atoms with Crippen molar-refractivity contribution in [3.8, 4) is 5.82 Å². The van der Waals surface area contributed by atoms with Gasteiger partial charge in [-0.2, -0.15) is 18.3 Å². The molecule has 3 heterocycles. The number of hydrogen-bond acceptors (Lipinski definition) is 5. The molecule has 26 heavy (non-hydrogen) atoms. The van der Waals surface area contributed by atoms with Crippen LogP contribution in [0.25, 0.3) is 5.82 Å². The van der Waals surface area contributed by atoms with Gasteiger partial charge in [-0.15, -0.1) is 10.2 Å². The maximum absolute atomic E-state index is 12.4. The van der Waals surface area contributed by atoms with Crippen LogP contribution in [0.15, 0.2) is 18.2 Å². The summed E-state index contributed by atoms with van der Waals surface area (Å²) >= 11 is 0. The first-order valence-electron chi connectivity index (χ1n) is 8.70. The van der Waals surface area contributed by atoms with Gasteiger partial charge >= 0.3 is 6.18 Å². The second-order valence-corrected chi connectivity index (χ2v) is 6.83. The smallest absolute Gasteiger partial charge is 0.368 e. The van der Waals surface area contributed by atoms with Crippen LogP contribution in [0, 0.1) is 19.8 Å². The standard InChI is InChI=1S/C17H23F3N6/c1-12-9-13(2)26(24-12)16-4-3-15(22-23-16)21-10-14-5-7-25(8-6-14)11-17(18,19)20/h3-4,9,14H,5-8,10-11H2,1-2H3,(H,21,22). The molecule has 0 aromatic carbocycles. The molecule has 1 fully saturated rings. The van der Waals surface area contributed by atoms with Crippen molar-refractivity contribution in [2.24, 2.45) is 5.92 Å². The number of halogens is 3. The minimum Gasteiger partial charge on any atom is -0.368 e. The van der Waals surface area contributed by atoms with Crippen molar-refractivity contribution >= 4 is 5.82 Å². The first-order valence-corrected chi connectivity index (χ1v) is 8.70. The van der Waals surface area contributed by atoms with Crippen LogP contribution in [0.1, 0.15) is 24.2 Å². The fourth-order valence-electron chi connectivity index (χ4n) is 3.24. The summed E-state index contributed by atoms with van der Waals surface area (Å²) in [7, 11) is 0. The van der Waals surface area contributed by atoms with E-state index in [1.807, 2.05) is 32.0 Å². The highest BCUT2D eigenvalue weighted by molar-refractivity contribution is 5.36. The third kappa shape index (κ3) is 4.94. The van der Waals surface area contributed by atoms with Crippen LogP contribution in [-0.4, -0.2) is 57.2 Å². The van der Waals surface area contributed by atoms with E-state index in [1.165, 1.54) is 4.90 Å². The largest absolute Gasteiger partial charge is 0.401 e. The van der Waals surface area contributed by atoms with E-state index >= 15 is 0 Å². The van der Waals surface area contributed by atoms with Crippen LogP contribution in [0.3, 0.4) is 0 Å². The number of hydrogen-bond donors (Lipinski definition) is 1. The molecule has 142 valence electrons. The molecule has 1 saturated heterocycles. The maximum atomic E-state index is 12.4. The summed E-state index contributed by atoms with van der Waals surface area (Å²) in [6, 6.07) is 5.66. The zero-order chi connectivity index (χ0) is 18.7. The molecule has 0 saturated carbocycles. The molecule has 2 aromatic rings. The topological polar surface area (TPSA) is 58.9 Å². The van der Waals surface area contributed by atoms with E-state index in [2.05, 4.69) is 20.6 Å². The zero-order valence-corrected chi connectivity index (χ0v) is 14.9. The van der Waals surface area contributed by atoms with Gasteiger partial charge in [0.15, 0.2) is 5.82 Å². The Bertz CT molecular complexity index is 717. The Labute approximate surface area is 150 Å². The van der Waals surface area contributed by atoms with E-state index in [1.54, 1.807) is 4.68 Å². The lowest BCUT2D eigenvalue weighted by atomic mass is 9.97. The molecule has 1 aliphatic rings. The van der Waals surface area contributed by atoms with Gasteiger partial charge in [-0.1, -0.05) is 0 Å². The molecule has 0 aliphatic carbocycles. The maximum Gasteiger partial charge on any atom is 0.401 e. The van der Waals surface area contributed by atoms with Gasteiger partial charge in [-0.05, 0) is 63.9 Å². The SMILES string of the molecule is Cc1cc(C)n(-c2ccc(NCC3CCN(CC(F)(F)F)CC3)nn2)n1. The number of piperidine rings is 1. The van der Waals surface area contributed by atoms with Gasteiger partial charge in [0, 0.05) is 12.2 Å². The summed E-state index contributed by atoms with van der Waals surface area (Å²) in [5.41, 5.74) is 1.91. The highest BCUT2D eigenvalue weighted by Gasteiger charge is 2.32. The Balaban J connectivity index is 1.48. The Kier molecular flexibility index (Phi) is 5.45. The number of nitrogens with zero attached hydrogens (tertiary/aromatic N) is 5. The van der Waals surface area contributed by atoms with E-state index in [9.17, 15) is 13.2 Å². The Morgan fingerprint density at radius 2 is 1.88 bits per heavy atom. The molecule has 0 radical (unpaired) electrons. The number of rotatable bonds is 5. The van der Waals surface area contributed by atoms with Gasteiger partial charge < -0.3 is 5.32 Å². The van der Waals surface area contributed by atoms with Gasteiger partial charge in [0.05, 0.1) is 12.2 Å². The molecular formula is C17H23F3N6. The number of aryl methyl sites for hydroxylation is 2. The number of nitrogens with one attached hydrogen (secondary N) is 1. The molecule has 1 N–H and O–H groups in total. The van der Waals surface area contributed by atoms with Crippen LogP contribution in [0.2, 0.25) is 0 Å². The molecule has 6 nitrogen and oxygen atoms in total. The van der Waals surface area contributed by atoms with Crippen molar-refractivity contribution < 1.29 is 13.2 Å². The van der Waals surface area contributed by atoms with E-state index < -0.39 is 12.7 Å². The molecule has 9 heteroatoms. The minimum atomic E-state index is -4.12. The van der Waals surface area contributed by atoms with Gasteiger partial charge in [-0.25, -0.2) is 4.68 Å². The predicted molar refractivity (Wildman–Crippen MR) is 92.3 cm³/mol. The van der Waals surface area contributed by atoms with Crippen LogP contribution in [-0.2, 0) is 0 Å². The summed E-state index contributed by atoms with van der Waals surface area (Å²) in [5.74, 6) is 1.66. The highest BCUT2D eigenvalue weighted by Crippen LogP contribution is 2.22. The zero-order valence-electron chi connectivity index (χ0n) is 14.9. The van der Waals surface area contributed by atoms with Crippen molar-refractivity contribution in [1.82, 2.24) is 24.9 Å². The molecular weight excluding hydrogens is 345 g/mol. The fraction of sp³-hybridized carbons (Fsp3) is 0.588. The second kappa shape index (κ2) is 7.61. The number of anilines is 1. The Hall–Kier alpha value is -2.16. The number of aromatic nitrogens is 4. The average molecular weight is 368 g/mol. The quantitative estimate of drug-likeness (QED) is 0.879. The van der Waals surface area contributed by atoms with Crippen molar-refractivity contribution in [3.63, 3.8) is 0 Å². The third-order valence-electron chi connectivity index (χ3n) is 4.56. The van der Waals surface area contributed by atoms with Crippen molar-refractivity contribution in [3.05, 3.63) is 29.6 Å². The first-order chi connectivity index (χ1) is 12.3. The molecule has 0 unspecified atom stereocenters. The average Bonchev–Trinajstić information content (AvgIpc) is 2.92. The van der Waals surface area contributed by atoms with E-state index in [0.717, 1.165) is 24.2 Å².